The molecule has 0 unspecified atom stereocenters. The monoisotopic (exact) mass is 354 g/mol. The van der Waals surface area contributed by atoms with Gasteiger partial charge in [0.05, 0.1) is 6.61 Å². The van der Waals surface area contributed by atoms with Gasteiger partial charge in [-0.2, -0.15) is 0 Å². The third-order valence-corrected chi connectivity index (χ3v) is 4.55. The van der Waals surface area contributed by atoms with Gasteiger partial charge in [0.1, 0.15) is 5.75 Å². The van der Waals surface area contributed by atoms with Crippen LogP contribution in [0.1, 0.15) is 49.3 Å². The Hall–Kier alpha value is -2.16. The number of nitrogens with one attached hydrogen (secondary N) is 2. The van der Waals surface area contributed by atoms with Crippen LogP contribution in [0.3, 0.4) is 0 Å². The lowest BCUT2D eigenvalue weighted by Crippen LogP contribution is -2.15. The van der Waals surface area contributed by atoms with Crippen molar-refractivity contribution in [2.24, 2.45) is 0 Å². The standard InChI is InChI=1S/C23H34N2O/c1-5-6-7-8-15-26-22-11-9-21(10-12-22)24-13-14-25-23-19(3)16-18(2)17-20(23)4/h9-12,16-17,24-25H,5-8,13-15H2,1-4H3. The summed E-state index contributed by atoms with van der Waals surface area (Å²) in [4.78, 5) is 0. The van der Waals surface area contributed by atoms with Crippen molar-refractivity contribution in [3.05, 3.63) is 53.1 Å². The molecule has 3 nitrogen and oxygen atoms in total. The van der Waals surface area contributed by atoms with Crippen LogP contribution in [0.25, 0.3) is 0 Å². The fraction of sp³-hybridized carbons (Fsp3) is 0.478. The predicted molar refractivity (Wildman–Crippen MR) is 114 cm³/mol. The minimum Gasteiger partial charge on any atom is -0.494 e. The largest absolute Gasteiger partial charge is 0.494 e. The zero-order valence-corrected chi connectivity index (χ0v) is 16.8. The molecule has 2 rings (SSSR count). The van der Waals surface area contributed by atoms with E-state index >= 15 is 0 Å². The molecule has 0 aliphatic carbocycles. The quantitative estimate of drug-likeness (QED) is 0.479. The summed E-state index contributed by atoms with van der Waals surface area (Å²) >= 11 is 0. The minimum atomic E-state index is 0.811. The van der Waals surface area contributed by atoms with Crippen molar-refractivity contribution in [3.8, 4) is 5.75 Å². The Morgan fingerprint density at radius 2 is 1.46 bits per heavy atom. The van der Waals surface area contributed by atoms with Gasteiger partial charge in [-0.15, -0.1) is 0 Å². The first-order valence-electron chi connectivity index (χ1n) is 9.88. The number of hydrogen-bond acceptors (Lipinski definition) is 3. The molecule has 0 saturated heterocycles. The van der Waals surface area contributed by atoms with Gasteiger partial charge < -0.3 is 15.4 Å². The van der Waals surface area contributed by atoms with E-state index in [2.05, 4.69) is 62.6 Å². The lowest BCUT2D eigenvalue weighted by molar-refractivity contribution is 0.305. The van der Waals surface area contributed by atoms with E-state index in [0.29, 0.717) is 0 Å². The third-order valence-electron chi connectivity index (χ3n) is 4.55. The number of ether oxygens (including phenoxy) is 1. The lowest BCUT2D eigenvalue weighted by atomic mass is 10.1. The third kappa shape index (κ3) is 6.62. The molecule has 0 amide bonds. The van der Waals surface area contributed by atoms with E-state index in [4.69, 9.17) is 4.74 Å². The van der Waals surface area contributed by atoms with Crippen LogP contribution < -0.4 is 15.4 Å². The number of hydrogen-bond donors (Lipinski definition) is 2. The van der Waals surface area contributed by atoms with Gasteiger partial charge in [-0.25, -0.2) is 0 Å². The Morgan fingerprint density at radius 1 is 0.808 bits per heavy atom. The topological polar surface area (TPSA) is 33.3 Å². The summed E-state index contributed by atoms with van der Waals surface area (Å²) in [5.74, 6) is 0.955. The average Bonchev–Trinajstić information content (AvgIpc) is 2.61. The Bertz CT molecular complexity index is 641. The van der Waals surface area contributed by atoms with Gasteiger partial charge in [0.2, 0.25) is 0 Å². The van der Waals surface area contributed by atoms with Crippen LogP contribution in [0.2, 0.25) is 0 Å². The molecule has 142 valence electrons. The fourth-order valence-electron chi connectivity index (χ4n) is 3.24. The molecule has 0 spiro atoms. The van der Waals surface area contributed by atoms with Crippen molar-refractivity contribution in [1.29, 1.82) is 0 Å². The van der Waals surface area contributed by atoms with Crippen molar-refractivity contribution in [1.82, 2.24) is 0 Å². The smallest absolute Gasteiger partial charge is 0.119 e. The zero-order valence-electron chi connectivity index (χ0n) is 16.8. The lowest BCUT2D eigenvalue weighted by Gasteiger charge is -2.14. The number of rotatable bonds is 11. The molecule has 0 aromatic heterocycles. The normalized spacial score (nSPS) is 10.6. The minimum absolute atomic E-state index is 0.811. The second-order valence-electron chi connectivity index (χ2n) is 7.06. The molecule has 2 aromatic rings. The molecule has 2 aromatic carbocycles. The molecular formula is C23H34N2O. The summed E-state index contributed by atoms with van der Waals surface area (Å²) in [6, 6.07) is 12.7. The van der Waals surface area contributed by atoms with E-state index < -0.39 is 0 Å². The SMILES string of the molecule is CCCCCCOc1ccc(NCCNc2c(C)cc(C)cc2C)cc1. The maximum atomic E-state index is 5.79. The highest BCUT2D eigenvalue weighted by Gasteiger charge is 2.03. The van der Waals surface area contributed by atoms with E-state index in [-0.39, 0.29) is 0 Å². The summed E-state index contributed by atoms with van der Waals surface area (Å²) in [5, 5.41) is 7.01. The van der Waals surface area contributed by atoms with Crippen LogP contribution in [-0.4, -0.2) is 19.7 Å². The molecule has 0 aliphatic heterocycles. The van der Waals surface area contributed by atoms with Crippen molar-refractivity contribution < 1.29 is 4.74 Å². The van der Waals surface area contributed by atoms with Crippen LogP contribution in [-0.2, 0) is 0 Å². The second-order valence-corrected chi connectivity index (χ2v) is 7.06. The van der Waals surface area contributed by atoms with Gasteiger partial charge in [0.25, 0.3) is 0 Å². The molecule has 3 heteroatoms. The van der Waals surface area contributed by atoms with E-state index in [0.717, 1.165) is 37.6 Å². The summed E-state index contributed by atoms with van der Waals surface area (Å²) in [6.07, 6.45) is 4.95. The first-order valence-corrected chi connectivity index (χ1v) is 9.88. The zero-order chi connectivity index (χ0) is 18.8. The first-order chi connectivity index (χ1) is 12.6. The van der Waals surface area contributed by atoms with E-state index in [1.54, 1.807) is 0 Å². The molecule has 0 aliphatic rings. The molecule has 0 radical (unpaired) electrons. The van der Waals surface area contributed by atoms with E-state index in [1.807, 2.05) is 12.1 Å². The number of benzene rings is 2. The summed E-state index contributed by atoms with van der Waals surface area (Å²) in [7, 11) is 0. The van der Waals surface area contributed by atoms with Crippen LogP contribution in [0, 0.1) is 20.8 Å². The van der Waals surface area contributed by atoms with Crippen molar-refractivity contribution in [3.63, 3.8) is 0 Å². The molecule has 0 atom stereocenters. The molecule has 0 heterocycles. The molecular weight excluding hydrogens is 320 g/mol. The average molecular weight is 355 g/mol. The Balaban J connectivity index is 1.70. The number of unbranched alkanes of at least 4 members (excludes halogenated alkanes) is 3. The molecule has 0 bridgehead atoms. The highest BCUT2D eigenvalue weighted by Crippen LogP contribution is 2.21. The Labute approximate surface area is 159 Å². The molecule has 0 fully saturated rings. The summed E-state index contributed by atoms with van der Waals surface area (Å²) in [6.45, 7) is 11.3. The maximum Gasteiger partial charge on any atom is 0.119 e. The molecule has 2 N–H and O–H groups in total. The van der Waals surface area contributed by atoms with E-state index in [1.165, 1.54) is 41.6 Å². The van der Waals surface area contributed by atoms with Crippen LogP contribution in [0.5, 0.6) is 5.75 Å². The van der Waals surface area contributed by atoms with Crippen molar-refractivity contribution in [2.75, 3.05) is 30.3 Å². The van der Waals surface area contributed by atoms with Crippen LogP contribution >= 0.6 is 0 Å². The van der Waals surface area contributed by atoms with Gasteiger partial charge in [0, 0.05) is 24.5 Å². The van der Waals surface area contributed by atoms with Gasteiger partial charge in [-0.1, -0.05) is 43.9 Å². The van der Waals surface area contributed by atoms with Gasteiger partial charge in [-0.3, -0.25) is 0 Å². The molecule has 26 heavy (non-hydrogen) atoms. The van der Waals surface area contributed by atoms with Crippen molar-refractivity contribution in [2.45, 2.75) is 53.4 Å². The fourth-order valence-corrected chi connectivity index (χ4v) is 3.24. The maximum absolute atomic E-state index is 5.79. The Morgan fingerprint density at radius 3 is 2.12 bits per heavy atom. The number of aryl methyl sites for hydroxylation is 3. The van der Waals surface area contributed by atoms with Gasteiger partial charge in [-0.05, 0) is 62.6 Å². The predicted octanol–water partition coefficient (Wildman–Crippen LogP) is 6.09. The van der Waals surface area contributed by atoms with Gasteiger partial charge in [0.15, 0.2) is 0 Å². The summed E-state index contributed by atoms with van der Waals surface area (Å²) < 4.78 is 5.79. The highest BCUT2D eigenvalue weighted by molar-refractivity contribution is 5.58. The second kappa shape index (κ2) is 10.7. The molecule has 0 saturated carbocycles. The van der Waals surface area contributed by atoms with E-state index in [9.17, 15) is 0 Å². The number of anilines is 2. The van der Waals surface area contributed by atoms with Crippen LogP contribution in [0.15, 0.2) is 36.4 Å². The van der Waals surface area contributed by atoms with Crippen LogP contribution in [0.4, 0.5) is 11.4 Å². The van der Waals surface area contributed by atoms with Gasteiger partial charge >= 0.3 is 0 Å². The van der Waals surface area contributed by atoms with Crippen molar-refractivity contribution >= 4 is 11.4 Å². The summed E-state index contributed by atoms with van der Waals surface area (Å²) in [5.41, 5.74) is 6.31. The highest BCUT2D eigenvalue weighted by atomic mass is 16.5. The first kappa shape index (κ1) is 20.2. The Kier molecular flexibility index (Phi) is 8.33.